The van der Waals surface area contributed by atoms with Crippen LogP contribution in [0.4, 0.5) is 4.79 Å². The Morgan fingerprint density at radius 3 is 2.58 bits per heavy atom. The number of alkyl carbamates (subject to hydrolysis) is 1. The van der Waals surface area contributed by atoms with Crippen molar-refractivity contribution in [3.8, 4) is 0 Å². The minimum absolute atomic E-state index is 0.120. The van der Waals surface area contributed by atoms with Gasteiger partial charge in [0.15, 0.2) is 5.78 Å². The van der Waals surface area contributed by atoms with Crippen LogP contribution in [0.15, 0.2) is 0 Å². The van der Waals surface area contributed by atoms with E-state index in [0.717, 1.165) is 25.2 Å². The molecule has 2 rings (SSSR count). The Bertz CT molecular complexity index is 311. The summed E-state index contributed by atoms with van der Waals surface area (Å²) in [6.45, 7) is 0.472. The summed E-state index contributed by atoms with van der Waals surface area (Å²) in [4.78, 5) is 22.4. The molecule has 0 aromatic carbocycles. The third-order valence-electron chi connectivity index (χ3n) is 4.32. The Morgan fingerprint density at radius 2 is 1.95 bits per heavy atom. The molecule has 0 aromatic rings. The van der Waals surface area contributed by atoms with Crippen molar-refractivity contribution in [3.05, 3.63) is 0 Å². The minimum atomic E-state index is -0.435. The van der Waals surface area contributed by atoms with Crippen molar-refractivity contribution in [2.45, 2.75) is 70.3 Å². The Morgan fingerprint density at radius 1 is 1.16 bits per heavy atom. The van der Waals surface area contributed by atoms with Crippen LogP contribution in [0.1, 0.15) is 64.2 Å². The van der Waals surface area contributed by atoms with Crippen LogP contribution < -0.4 is 5.32 Å². The summed E-state index contributed by atoms with van der Waals surface area (Å²) in [6.07, 6.45) is 11.2. The van der Waals surface area contributed by atoms with E-state index in [2.05, 4.69) is 5.32 Å². The predicted octanol–water partition coefficient (Wildman–Crippen LogP) is 3.19. The Kier molecular flexibility index (Phi) is 5.67. The number of unbranched alkanes of at least 4 members (excludes halogenated alkanes) is 1. The molecular formula is C15H25NO3. The van der Waals surface area contributed by atoms with E-state index in [9.17, 15) is 9.59 Å². The lowest BCUT2D eigenvalue weighted by Crippen LogP contribution is -2.47. The van der Waals surface area contributed by atoms with Gasteiger partial charge in [-0.05, 0) is 25.2 Å². The second-order valence-corrected chi connectivity index (χ2v) is 5.84. The molecule has 108 valence electrons. The van der Waals surface area contributed by atoms with Crippen LogP contribution >= 0.6 is 0 Å². The molecule has 0 aliphatic heterocycles. The van der Waals surface area contributed by atoms with E-state index in [1.54, 1.807) is 0 Å². The summed E-state index contributed by atoms with van der Waals surface area (Å²) >= 11 is 0. The number of carbonyl (C=O) groups is 2. The molecule has 1 atom stereocenters. The van der Waals surface area contributed by atoms with Crippen molar-refractivity contribution in [2.24, 2.45) is 5.92 Å². The van der Waals surface area contributed by atoms with Gasteiger partial charge >= 0.3 is 6.09 Å². The molecule has 2 aliphatic rings. The molecule has 0 bridgehead atoms. The van der Waals surface area contributed by atoms with Gasteiger partial charge in [0.2, 0.25) is 0 Å². The summed E-state index contributed by atoms with van der Waals surface area (Å²) in [5.41, 5.74) is 0. The molecule has 4 nitrogen and oxygen atoms in total. The first-order valence-electron chi connectivity index (χ1n) is 7.71. The van der Waals surface area contributed by atoms with E-state index >= 15 is 0 Å². The maximum Gasteiger partial charge on any atom is 0.407 e. The van der Waals surface area contributed by atoms with Crippen LogP contribution in [0.3, 0.4) is 0 Å². The van der Waals surface area contributed by atoms with Gasteiger partial charge in [-0.15, -0.1) is 0 Å². The zero-order valence-corrected chi connectivity index (χ0v) is 11.7. The van der Waals surface area contributed by atoms with E-state index in [1.165, 1.54) is 38.5 Å². The van der Waals surface area contributed by atoms with Gasteiger partial charge in [-0.25, -0.2) is 4.79 Å². The Balaban J connectivity index is 1.44. The number of ether oxygens (including phenoxy) is 1. The largest absolute Gasteiger partial charge is 0.450 e. The van der Waals surface area contributed by atoms with E-state index in [1.807, 2.05) is 0 Å². The second-order valence-electron chi connectivity index (χ2n) is 5.84. The first-order chi connectivity index (χ1) is 9.25. The normalized spacial score (nSPS) is 23.8. The summed E-state index contributed by atoms with van der Waals surface area (Å²) in [5, 5.41) is 2.60. The zero-order valence-electron chi connectivity index (χ0n) is 11.7. The summed E-state index contributed by atoms with van der Waals surface area (Å²) in [6, 6.07) is -0.283. The van der Waals surface area contributed by atoms with Gasteiger partial charge < -0.3 is 10.1 Å². The van der Waals surface area contributed by atoms with E-state index in [4.69, 9.17) is 4.74 Å². The topological polar surface area (TPSA) is 55.4 Å². The van der Waals surface area contributed by atoms with Gasteiger partial charge in [0.05, 0.1) is 12.6 Å². The van der Waals surface area contributed by atoms with Crippen molar-refractivity contribution in [1.29, 1.82) is 0 Å². The summed E-state index contributed by atoms with van der Waals surface area (Å²) < 4.78 is 5.08. The van der Waals surface area contributed by atoms with E-state index < -0.39 is 6.09 Å². The molecule has 0 unspecified atom stereocenters. The molecule has 0 saturated heterocycles. The molecule has 4 heteroatoms. The van der Waals surface area contributed by atoms with Gasteiger partial charge in [-0.2, -0.15) is 0 Å². The van der Waals surface area contributed by atoms with Crippen LogP contribution in [-0.4, -0.2) is 24.5 Å². The molecule has 0 radical (unpaired) electrons. The van der Waals surface area contributed by atoms with Gasteiger partial charge in [-0.1, -0.05) is 38.5 Å². The number of rotatable bonds is 6. The average Bonchev–Trinajstić information content (AvgIpc) is 2.44. The molecule has 2 fully saturated rings. The fourth-order valence-corrected chi connectivity index (χ4v) is 2.92. The van der Waals surface area contributed by atoms with Crippen molar-refractivity contribution in [2.75, 3.05) is 6.61 Å². The molecule has 0 spiro atoms. The molecule has 2 aliphatic carbocycles. The smallest absolute Gasteiger partial charge is 0.407 e. The first-order valence-corrected chi connectivity index (χ1v) is 7.71. The number of hydrogen-bond donors (Lipinski definition) is 1. The van der Waals surface area contributed by atoms with Crippen molar-refractivity contribution < 1.29 is 14.3 Å². The third kappa shape index (κ3) is 4.84. The number of Topliss-reactive ketones (excluding diaryl/α,β-unsaturated/α-hetero) is 1. The SMILES string of the molecule is O=C(N[C@H]1CCC1=O)OCCCCC1CCCCC1. The molecule has 1 amide bonds. The maximum atomic E-state index is 11.4. The van der Waals surface area contributed by atoms with Crippen LogP contribution in [0, 0.1) is 5.92 Å². The highest BCUT2D eigenvalue weighted by molar-refractivity contribution is 5.92. The lowest BCUT2D eigenvalue weighted by molar-refractivity contribution is -0.126. The fraction of sp³-hybridized carbons (Fsp3) is 0.867. The lowest BCUT2D eigenvalue weighted by atomic mass is 9.86. The number of hydrogen-bond acceptors (Lipinski definition) is 3. The number of carbonyl (C=O) groups excluding carboxylic acids is 2. The van der Waals surface area contributed by atoms with Crippen molar-refractivity contribution in [1.82, 2.24) is 5.32 Å². The van der Waals surface area contributed by atoms with Crippen LogP contribution in [0.25, 0.3) is 0 Å². The van der Waals surface area contributed by atoms with E-state index in [0.29, 0.717) is 13.0 Å². The molecule has 2 saturated carbocycles. The highest BCUT2D eigenvalue weighted by atomic mass is 16.5. The molecule has 1 N–H and O–H groups in total. The molecule has 19 heavy (non-hydrogen) atoms. The summed E-state index contributed by atoms with van der Waals surface area (Å²) in [5.74, 6) is 1.02. The highest BCUT2D eigenvalue weighted by Crippen LogP contribution is 2.27. The molecule has 0 aromatic heterocycles. The van der Waals surface area contributed by atoms with Crippen LogP contribution in [0.2, 0.25) is 0 Å². The van der Waals surface area contributed by atoms with E-state index in [-0.39, 0.29) is 11.8 Å². The van der Waals surface area contributed by atoms with Crippen molar-refractivity contribution in [3.63, 3.8) is 0 Å². The van der Waals surface area contributed by atoms with Gasteiger partial charge in [0.1, 0.15) is 0 Å². The monoisotopic (exact) mass is 267 g/mol. The fourth-order valence-electron chi connectivity index (χ4n) is 2.92. The molecular weight excluding hydrogens is 242 g/mol. The Hall–Kier alpha value is -1.06. The van der Waals surface area contributed by atoms with Gasteiger partial charge in [0, 0.05) is 6.42 Å². The van der Waals surface area contributed by atoms with Crippen LogP contribution in [-0.2, 0) is 9.53 Å². The number of ketones is 1. The predicted molar refractivity (Wildman–Crippen MR) is 72.9 cm³/mol. The minimum Gasteiger partial charge on any atom is -0.450 e. The summed E-state index contributed by atoms with van der Waals surface area (Å²) in [7, 11) is 0. The van der Waals surface area contributed by atoms with Gasteiger partial charge in [0.25, 0.3) is 0 Å². The molecule has 0 heterocycles. The first kappa shape index (κ1) is 14.4. The highest BCUT2D eigenvalue weighted by Gasteiger charge is 2.29. The average molecular weight is 267 g/mol. The zero-order chi connectivity index (χ0) is 13.5. The second kappa shape index (κ2) is 7.51. The number of amides is 1. The number of nitrogens with one attached hydrogen (secondary N) is 1. The third-order valence-corrected chi connectivity index (χ3v) is 4.32. The van der Waals surface area contributed by atoms with Crippen molar-refractivity contribution >= 4 is 11.9 Å². The maximum absolute atomic E-state index is 11.4. The lowest BCUT2D eigenvalue weighted by Gasteiger charge is -2.24. The quantitative estimate of drug-likeness (QED) is 0.752. The standard InChI is InChI=1S/C15H25NO3/c17-14-10-9-13(14)16-15(18)19-11-5-4-8-12-6-2-1-3-7-12/h12-13H,1-11H2,(H,16,18)/t13-/m0/s1. The van der Waals surface area contributed by atoms with Gasteiger partial charge in [-0.3, -0.25) is 4.79 Å². The van der Waals surface area contributed by atoms with Crippen LogP contribution in [0.5, 0.6) is 0 Å². The Labute approximate surface area is 115 Å².